The third kappa shape index (κ3) is 3.71. The topological polar surface area (TPSA) is 38.0 Å². The molecule has 0 bridgehead atoms. The van der Waals surface area contributed by atoms with Gasteiger partial charge in [0.2, 0.25) is 0 Å². The third-order valence-electron chi connectivity index (χ3n) is 3.60. The Hall–Kier alpha value is -1.20. The van der Waals surface area contributed by atoms with Crippen LogP contribution in [0.4, 0.5) is 0 Å². The van der Waals surface area contributed by atoms with Gasteiger partial charge in [0.15, 0.2) is 0 Å². The van der Waals surface area contributed by atoms with E-state index in [9.17, 15) is 0 Å². The number of thiophene rings is 1. The van der Waals surface area contributed by atoms with E-state index in [1.807, 2.05) is 0 Å². The molecule has 0 radical (unpaired) electrons. The van der Waals surface area contributed by atoms with Crippen LogP contribution < -0.4 is 11.3 Å². The lowest BCUT2D eigenvalue weighted by atomic mass is 10.00. The number of hydrazine groups is 1. The molecule has 0 aliphatic rings. The van der Waals surface area contributed by atoms with Crippen molar-refractivity contribution in [2.45, 2.75) is 18.9 Å². The molecule has 108 valence electrons. The van der Waals surface area contributed by atoms with Crippen LogP contribution in [0.25, 0.3) is 10.8 Å². The lowest BCUT2D eigenvalue weighted by Gasteiger charge is -2.15. The molecule has 0 amide bonds. The summed E-state index contributed by atoms with van der Waals surface area (Å²) in [7, 11) is 0. The van der Waals surface area contributed by atoms with Crippen molar-refractivity contribution in [3.05, 3.63) is 68.8 Å². The van der Waals surface area contributed by atoms with Gasteiger partial charge in [-0.25, -0.2) is 0 Å². The van der Waals surface area contributed by atoms with Crippen molar-refractivity contribution in [3.63, 3.8) is 0 Å². The molecule has 4 heteroatoms. The summed E-state index contributed by atoms with van der Waals surface area (Å²) in [6, 6.07) is 17.5. The van der Waals surface area contributed by atoms with Crippen LogP contribution in [0.15, 0.2) is 58.4 Å². The minimum Gasteiger partial charge on any atom is -0.271 e. The zero-order valence-corrected chi connectivity index (χ0v) is 14.0. The van der Waals surface area contributed by atoms with E-state index in [4.69, 9.17) is 5.84 Å². The maximum atomic E-state index is 5.73. The second-order valence-electron chi connectivity index (χ2n) is 5.18. The van der Waals surface area contributed by atoms with E-state index >= 15 is 0 Å². The molecule has 0 saturated carbocycles. The summed E-state index contributed by atoms with van der Waals surface area (Å²) in [5.74, 6) is 5.73. The molecule has 0 aliphatic heterocycles. The highest BCUT2D eigenvalue weighted by Gasteiger charge is 2.11. The third-order valence-corrected chi connectivity index (χ3v) is 5.32. The average Bonchev–Trinajstić information content (AvgIpc) is 2.91. The number of nitrogens with two attached hydrogens (primary N) is 1. The summed E-state index contributed by atoms with van der Waals surface area (Å²) in [6.45, 7) is 0. The van der Waals surface area contributed by atoms with E-state index in [0.29, 0.717) is 0 Å². The Morgan fingerprint density at radius 1 is 1.05 bits per heavy atom. The largest absolute Gasteiger partial charge is 0.271 e. The van der Waals surface area contributed by atoms with Crippen LogP contribution in [0.5, 0.6) is 0 Å². The molecule has 2 nitrogen and oxygen atoms in total. The molecule has 21 heavy (non-hydrogen) atoms. The van der Waals surface area contributed by atoms with Crippen LogP contribution in [-0.2, 0) is 12.8 Å². The van der Waals surface area contributed by atoms with Gasteiger partial charge in [0.05, 0.1) is 0 Å². The fourth-order valence-corrected chi connectivity index (χ4v) is 4.08. The predicted octanol–water partition coefficient (Wildman–Crippen LogP) is 4.28. The van der Waals surface area contributed by atoms with E-state index < -0.39 is 0 Å². The normalized spacial score (nSPS) is 12.7. The molecular formula is C17H17BrN2S. The minimum atomic E-state index is 0.247. The first-order valence-corrected chi connectivity index (χ1v) is 8.58. The smallest absolute Gasteiger partial charge is 0.0299 e. The molecule has 1 aromatic heterocycles. The summed E-state index contributed by atoms with van der Waals surface area (Å²) < 4.78 is 1.14. The van der Waals surface area contributed by atoms with Crippen LogP contribution in [0.1, 0.15) is 10.4 Å². The highest BCUT2D eigenvalue weighted by molar-refractivity contribution is 9.10. The van der Waals surface area contributed by atoms with E-state index in [1.165, 1.54) is 21.2 Å². The van der Waals surface area contributed by atoms with E-state index in [1.54, 1.807) is 11.3 Å². The summed E-state index contributed by atoms with van der Waals surface area (Å²) in [6.07, 6.45) is 1.87. The average molecular weight is 361 g/mol. The molecule has 0 aliphatic carbocycles. The molecule has 3 aromatic rings. The zero-order valence-electron chi connectivity index (χ0n) is 11.6. The molecule has 3 N–H and O–H groups in total. The van der Waals surface area contributed by atoms with Crippen molar-refractivity contribution in [2.24, 2.45) is 5.84 Å². The van der Waals surface area contributed by atoms with Gasteiger partial charge in [-0.1, -0.05) is 42.5 Å². The van der Waals surface area contributed by atoms with Crippen molar-refractivity contribution in [3.8, 4) is 0 Å². The van der Waals surface area contributed by atoms with Gasteiger partial charge < -0.3 is 0 Å². The van der Waals surface area contributed by atoms with E-state index in [2.05, 4.69) is 75.3 Å². The van der Waals surface area contributed by atoms with Crippen LogP contribution >= 0.6 is 27.3 Å². The van der Waals surface area contributed by atoms with Gasteiger partial charge in [-0.2, -0.15) is 0 Å². The van der Waals surface area contributed by atoms with Crippen LogP contribution in [0.2, 0.25) is 0 Å². The second kappa shape index (κ2) is 6.71. The first kappa shape index (κ1) is 14.7. The maximum Gasteiger partial charge on any atom is 0.0299 e. The molecule has 1 unspecified atom stereocenters. The van der Waals surface area contributed by atoms with Crippen molar-refractivity contribution in [1.82, 2.24) is 5.43 Å². The minimum absolute atomic E-state index is 0.247. The Morgan fingerprint density at radius 2 is 1.86 bits per heavy atom. The van der Waals surface area contributed by atoms with Gasteiger partial charge in [0, 0.05) is 20.8 Å². The van der Waals surface area contributed by atoms with Gasteiger partial charge >= 0.3 is 0 Å². The Balaban J connectivity index is 1.75. The molecule has 1 atom stereocenters. The first-order valence-electron chi connectivity index (χ1n) is 6.91. The molecule has 1 heterocycles. The molecule has 3 rings (SSSR count). The van der Waals surface area contributed by atoms with Crippen molar-refractivity contribution in [1.29, 1.82) is 0 Å². The van der Waals surface area contributed by atoms with E-state index in [0.717, 1.165) is 17.3 Å². The molecule has 0 fully saturated rings. The Morgan fingerprint density at radius 3 is 2.57 bits per heavy atom. The number of benzene rings is 2. The molecule has 0 saturated heterocycles. The Bertz CT molecular complexity index is 738. The summed E-state index contributed by atoms with van der Waals surface area (Å²) in [5, 5.41) is 4.67. The molecule has 2 aromatic carbocycles. The number of halogens is 1. The van der Waals surface area contributed by atoms with E-state index in [-0.39, 0.29) is 6.04 Å². The number of nitrogens with one attached hydrogen (secondary N) is 1. The summed E-state index contributed by atoms with van der Waals surface area (Å²) >= 11 is 5.26. The number of hydrogen-bond donors (Lipinski definition) is 2. The number of rotatable bonds is 5. The monoisotopic (exact) mass is 360 g/mol. The van der Waals surface area contributed by atoms with Gasteiger partial charge in [-0.15, -0.1) is 11.3 Å². The van der Waals surface area contributed by atoms with Gasteiger partial charge in [-0.3, -0.25) is 11.3 Å². The molecular weight excluding hydrogens is 344 g/mol. The van der Waals surface area contributed by atoms with Gasteiger partial charge in [0.1, 0.15) is 0 Å². The Kier molecular flexibility index (Phi) is 4.70. The lowest BCUT2D eigenvalue weighted by molar-refractivity contribution is 0.526. The van der Waals surface area contributed by atoms with Gasteiger partial charge in [-0.05, 0) is 51.2 Å². The summed E-state index contributed by atoms with van der Waals surface area (Å²) in [5.41, 5.74) is 4.26. The SMILES string of the molecule is NNC(Cc1ccc2ccccc2c1)Cc1cc(Br)cs1. The fraction of sp³-hybridized carbons (Fsp3) is 0.176. The van der Waals surface area contributed by atoms with Crippen LogP contribution in [0.3, 0.4) is 0 Å². The van der Waals surface area contributed by atoms with Crippen LogP contribution in [-0.4, -0.2) is 6.04 Å². The fourth-order valence-electron chi connectivity index (χ4n) is 2.54. The van der Waals surface area contributed by atoms with Gasteiger partial charge in [0.25, 0.3) is 0 Å². The lowest BCUT2D eigenvalue weighted by Crippen LogP contribution is -2.38. The number of fused-ring (bicyclic) bond motifs is 1. The second-order valence-corrected chi connectivity index (χ2v) is 7.10. The zero-order chi connectivity index (χ0) is 14.7. The highest BCUT2D eigenvalue weighted by atomic mass is 79.9. The van der Waals surface area contributed by atoms with Crippen molar-refractivity contribution < 1.29 is 0 Å². The first-order chi connectivity index (χ1) is 10.2. The molecule has 0 spiro atoms. The van der Waals surface area contributed by atoms with Crippen molar-refractivity contribution in [2.75, 3.05) is 0 Å². The predicted molar refractivity (Wildman–Crippen MR) is 94.5 cm³/mol. The highest BCUT2D eigenvalue weighted by Crippen LogP contribution is 2.22. The quantitative estimate of drug-likeness (QED) is 0.526. The number of hydrogen-bond acceptors (Lipinski definition) is 3. The standard InChI is InChI=1S/C17H17BrN2S/c18-15-9-17(21-11-15)10-16(20-19)8-12-5-6-13-3-1-2-4-14(13)7-12/h1-7,9,11,16,20H,8,10,19H2. The Labute approximate surface area is 137 Å². The summed E-state index contributed by atoms with van der Waals surface area (Å²) in [4.78, 5) is 1.34. The van der Waals surface area contributed by atoms with Crippen molar-refractivity contribution >= 4 is 38.0 Å². The van der Waals surface area contributed by atoms with Crippen LogP contribution in [0, 0.1) is 0 Å². The maximum absolute atomic E-state index is 5.73.